The molecular weight excluding hydrogens is 230 g/mol. The van der Waals surface area contributed by atoms with Crippen LogP contribution in [-0.2, 0) is 13.5 Å². The Hall–Kier alpha value is -2.11. The molecule has 0 aliphatic heterocycles. The topological polar surface area (TPSA) is 64.9 Å². The molecule has 0 aliphatic carbocycles. The third-order valence-corrected chi connectivity index (χ3v) is 2.36. The van der Waals surface area contributed by atoms with Crippen molar-refractivity contribution >= 4 is 5.95 Å². The van der Waals surface area contributed by atoms with Gasteiger partial charge in [0.05, 0.1) is 12.3 Å². The van der Waals surface area contributed by atoms with Crippen molar-refractivity contribution in [1.82, 2.24) is 19.7 Å². The lowest BCUT2D eigenvalue weighted by atomic mass is 10.3. The third kappa shape index (κ3) is 3.44. The lowest BCUT2D eigenvalue weighted by molar-refractivity contribution is 0.326. The Balaban J connectivity index is 1.84. The number of nitrogens with one attached hydrogen (secondary N) is 1. The van der Waals surface area contributed by atoms with Crippen molar-refractivity contribution in [3.8, 4) is 5.88 Å². The lowest BCUT2D eigenvalue weighted by Gasteiger charge is -2.05. The largest absolute Gasteiger partial charge is 0.478 e. The average molecular weight is 247 g/mol. The summed E-state index contributed by atoms with van der Waals surface area (Å²) in [6.45, 7) is 3.27. The molecule has 0 fully saturated rings. The van der Waals surface area contributed by atoms with Gasteiger partial charge < -0.3 is 10.1 Å². The molecule has 0 bridgehead atoms. The molecule has 96 valence electrons. The summed E-state index contributed by atoms with van der Waals surface area (Å²) in [7, 11) is 1.91. The standard InChI is InChI=1S/C12H17N5O/c1-3-18-11-5-8-14-12(15-11)13-7-4-10-6-9-17(2)16-10/h5-6,8-9H,3-4,7H2,1-2H3,(H,13,14,15). The second-order valence-electron chi connectivity index (χ2n) is 3.81. The van der Waals surface area contributed by atoms with Gasteiger partial charge in [-0.05, 0) is 13.0 Å². The zero-order valence-electron chi connectivity index (χ0n) is 10.6. The van der Waals surface area contributed by atoms with Gasteiger partial charge in [0.15, 0.2) is 0 Å². The molecule has 0 amide bonds. The van der Waals surface area contributed by atoms with Crippen LogP contribution in [0.25, 0.3) is 0 Å². The van der Waals surface area contributed by atoms with Crippen LogP contribution in [0.15, 0.2) is 24.5 Å². The van der Waals surface area contributed by atoms with E-state index in [0.29, 0.717) is 18.4 Å². The summed E-state index contributed by atoms with van der Waals surface area (Å²) in [5.41, 5.74) is 1.05. The monoisotopic (exact) mass is 247 g/mol. The minimum Gasteiger partial charge on any atom is -0.478 e. The van der Waals surface area contributed by atoms with E-state index in [0.717, 1.165) is 18.7 Å². The number of aromatic nitrogens is 4. The van der Waals surface area contributed by atoms with Crippen molar-refractivity contribution in [2.24, 2.45) is 7.05 Å². The van der Waals surface area contributed by atoms with E-state index in [1.165, 1.54) is 0 Å². The molecular formula is C12H17N5O. The Kier molecular flexibility index (Phi) is 4.11. The molecule has 0 unspecified atom stereocenters. The molecule has 0 spiro atoms. The Bertz CT molecular complexity index is 497. The smallest absolute Gasteiger partial charge is 0.225 e. The van der Waals surface area contributed by atoms with Crippen LogP contribution >= 0.6 is 0 Å². The minimum absolute atomic E-state index is 0.580. The summed E-state index contributed by atoms with van der Waals surface area (Å²) in [5, 5.41) is 7.45. The van der Waals surface area contributed by atoms with Crippen molar-refractivity contribution < 1.29 is 4.74 Å². The molecule has 18 heavy (non-hydrogen) atoms. The van der Waals surface area contributed by atoms with Crippen LogP contribution < -0.4 is 10.1 Å². The molecule has 0 radical (unpaired) electrons. The number of nitrogens with zero attached hydrogens (tertiary/aromatic N) is 4. The summed E-state index contributed by atoms with van der Waals surface area (Å²) in [4.78, 5) is 8.36. The zero-order chi connectivity index (χ0) is 12.8. The SMILES string of the molecule is CCOc1ccnc(NCCc2ccn(C)n2)n1. The van der Waals surface area contributed by atoms with Crippen molar-refractivity contribution in [3.05, 3.63) is 30.2 Å². The fraction of sp³-hybridized carbons (Fsp3) is 0.417. The van der Waals surface area contributed by atoms with E-state index < -0.39 is 0 Å². The number of anilines is 1. The van der Waals surface area contributed by atoms with Gasteiger partial charge in [-0.2, -0.15) is 10.1 Å². The first-order valence-electron chi connectivity index (χ1n) is 5.96. The minimum atomic E-state index is 0.580. The second-order valence-corrected chi connectivity index (χ2v) is 3.81. The molecule has 6 nitrogen and oxygen atoms in total. The Morgan fingerprint density at radius 1 is 1.39 bits per heavy atom. The fourth-order valence-electron chi connectivity index (χ4n) is 1.55. The van der Waals surface area contributed by atoms with Crippen LogP contribution in [0.4, 0.5) is 5.95 Å². The van der Waals surface area contributed by atoms with Gasteiger partial charge in [-0.1, -0.05) is 0 Å². The number of hydrogen-bond acceptors (Lipinski definition) is 5. The van der Waals surface area contributed by atoms with Crippen LogP contribution in [0.3, 0.4) is 0 Å². The maximum absolute atomic E-state index is 5.31. The second kappa shape index (κ2) is 6.00. The van der Waals surface area contributed by atoms with Gasteiger partial charge in [-0.3, -0.25) is 4.68 Å². The van der Waals surface area contributed by atoms with Gasteiger partial charge in [0.2, 0.25) is 11.8 Å². The maximum atomic E-state index is 5.31. The molecule has 0 saturated heterocycles. The molecule has 0 aromatic carbocycles. The number of aryl methyl sites for hydroxylation is 1. The molecule has 0 aliphatic rings. The van der Waals surface area contributed by atoms with Crippen LogP contribution in [-0.4, -0.2) is 32.9 Å². The predicted molar refractivity (Wildman–Crippen MR) is 68.6 cm³/mol. The molecule has 2 rings (SSSR count). The summed E-state index contributed by atoms with van der Waals surface area (Å²) >= 11 is 0. The van der Waals surface area contributed by atoms with E-state index in [2.05, 4.69) is 20.4 Å². The van der Waals surface area contributed by atoms with Gasteiger partial charge >= 0.3 is 0 Å². The van der Waals surface area contributed by atoms with Gasteiger partial charge in [0.25, 0.3) is 0 Å². The number of rotatable bonds is 6. The highest BCUT2D eigenvalue weighted by Crippen LogP contribution is 2.08. The van der Waals surface area contributed by atoms with Crippen LogP contribution in [0.1, 0.15) is 12.6 Å². The highest BCUT2D eigenvalue weighted by atomic mass is 16.5. The van der Waals surface area contributed by atoms with Crippen LogP contribution in [0.2, 0.25) is 0 Å². The van der Waals surface area contributed by atoms with Crippen molar-refractivity contribution in [2.75, 3.05) is 18.5 Å². The van der Waals surface area contributed by atoms with E-state index in [1.54, 1.807) is 16.9 Å². The highest BCUT2D eigenvalue weighted by Gasteiger charge is 2.00. The lowest BCUT2D eigenvalue weighted by Crippen LogP contribution is -2.09. The Morgan fingerprint density at radius 3 is 3.00 bits per heavy atom. The molecule has 0 saturated carbocycles. The summed E-state index contributed by atoms with van der Waals surface area (Å²) < 4.78 is 7.10. The zero-order valence-corrected chi connectivity index (χ0v) is 10.6. The van der Waals surface area contributed by atoms with E-state index in [9.17, 15) is 0 Å². The van der Waals surface area contributed by atoms with Crippen LogP contribution in [0.5, 0.6) is 5.88 Å². The third-order valence-electron chi connectivity index (χ3n) is 2.36. The van der Waals surface area contributed by atoms with Crippen LogP contribution in [0, 0.1) is 0 Å². The molecule has 2 heterocycles. The predicted octanol–water partition coefficient (Wildman–Crippen LogP) is 1.26. The first kappa shape index (κ1) is 12.3. The van der Waals surface area contributed by atoms with E-state index in [-0.39, 0.29) is 0 Å². The van der Waals surface area contributed by atoms with Crippen molar-refractivity contribution in [1.29, 1.82) is 0 Å². The molecule has 6 heteroatoms. The molecule has 0 atom stereocenters. The Labute approximate surface area is 106 Å². The Morgan fingerprint density at radius 2 is 2.28 bits per heavy atom. The van der Waals surface area contributed by atoms with Gasteiger partial charge in [-0.25, -0.2) is 4.98 Å². The van der Waals surface area contributed by atoms with E-state index in [1.807, 2.05) is 26.2 Å². The van der Waals surface area contributed by atoms with E-state index in [4.69, 9.17) is 4.74 Å². The van der Waals surface area contributed by atoms with E-state index >= 15 is 0 Å². The van der Waals surface area contributed by atoms with Gasteiger partial charge in [0.1, 0.15) is 0 Å². The summed E-state index contributed by atoms with van der Waals surface area (Å²) in [5.74, 6) is 1.17. The molecule has 2 aromatic rings. The highest BCUT2D eigenvalue weighted by molar-refractivity contribution is 5.27. The number of hydrogen-bond donors (Lipinski definition) is 1. The maximum Gasteiger partial charge on any atom is 0.225 e. The average Bonchev–Trinajstić information content (AvgIpc) is 2.76. The number of ether oxygens (including phenoxy) is 1. The molecule has 1 N–H and O–H groups in total. The van der Waals surface area contributed by atoms with Gasteiger partial charge in [-0.15, -0.1) is 0 Å². The fourth-order valence-corrected chi connectivity index (χ4v) is 1.55. The summed E-state index contributed by atoms with van der Waals surface area (Å²) in [6.07, 6.45) is 4.45. The summed E-state index contributed by atoms with van der Waals surface area (Å²) in [6, 6.07) is 3.74. The van der Waals surface area contributed by atoms with Crippen molar-refractivity contribution in [2.45, 2.75) is 13.3 Å². The quantitative estimate of drug-likeness (QED) is 0.832. The van der Waals surface area contributed by atoms with Crippen molar-refractivity contribution in [3.63, 3.8) is 0 Å². The first-order chi connectivity index (χ1) is 8.78. The normalized spacial score (nSPS) is 10.3. The first-order valence-corrected chi connectivity index (χ1v) is 5.96. The molecule has 2 aromatic heterocycles. The van der Waals surface area contributed by atoms with Gasteiger partial charge in [0, 0.05) is 38.5 Å².